The van der Waals surface area contributed by atoms with Gasteiger partial charge in [-0.3, -0.25) is 9.69 Å². The summed E-state index contributed by atoms with van der Waals surface area (Å²) < 4.78 is 58.9. The van der Waals surface area contributed by atoms with E-state index in [0.29, 0.717) is 5.02 Å². The minimum absolute atomic E-state index is 0.000788. The number of benzene rings is 2. The molecule has 3 rings (SSSR count). The van der Waals surface area contributed by atoms with Crippen LogP contribution >= 0.6 is 11.6 Å². The average Bonchev–Trinajstić information content (AvgIpc) is 2.70. The molecule has 0 radical (unpaired) electrons. The van der Waals surface area contributed by atoms with Crippen LogP contribution in [0, 0.1) is 11.6 Å². The largest absolute Gasteiger partial charge is 0.468 e. The third-order valence-electron chi connectivity index (χ3n) is 5.30. The van der Waals surface area contributed by atoms with Gasteiger partial charge in [-0.1, -0.05) is 11.6 Å². The summed E-state index contributed by atoms with van der Waals surface area (Å²) in [5.74, 6) is -1.95. The molecule has 1 fully saturated rings. The molecule has 2 aromatic rings. The Morgan fingerprint density at radius 1 is 1.14 bits per heavy atom. The number of halogens is 3. The van der Waals surface area contributed by atoms with Crippen molar-refractivity contribution in [3.63, 3.8) is 0 Å². The molecule has 1 heterocycles. The molecule has 1 aliphatic heterocycles. The topological polar surface area (TPSA) is 63.7 Å². The van der Waals surface area contributed by atoms with Crippen LogP contribution < -0.4 is 0 Å². The highest BCUT2D eigenvalue weighted by Crippen LogP contribution is 2.45. The predicted octanol–water partition coefficient (Wildman–Crippen LogP) is 3.56. The zero-order valence-corrected chi connectivity index (χ0v) is 17.3. The van der Waals surface area contributed by atoms with Crippen LogP contribution in [0.3, 0.4) is 0 Å². The van der Waals surface area contributed by atoms with Crippen LogP contribution in [0.25, 0.3) is 0 Å². The summed E-state index contributed by atoms with van der Waals surface area (Å²) in [5, 5.41) is 0.364. The van der Waals surface area contributed by atoms with Gasteiger partial charge in [-0.05, 0) is 55.3 Å². The van der Waals surface area contributed by atoms with Gasteiger partial charge in [0, 0.05) is 23.7 Å². The first kappa shape index (κ1) is 21.7. The van der Waals surface area contributed by atoms with Crippen LogP contribution in [-0.4, -0.2) is 46.0 Å². The second kappa shape index (κ2) is 8.38. The zero-order valence-electron chi connectivity index (χ0n) is 15.7. The highest BCUT2D eigenvalue weighted by Gasteiger charge is 2.50. The Bertz CT molecular complexity index is 1000. The first-order valence-corrected chi connectivity index (χ1v) is 10.8. The lowest BCUT2D eigenvalue weighted by Crippen LogP contribution is -2.49. The molecule has 1 saturated heterocycles. The van der Waals surface area contributed by atoms with E-state index in [2.05, 4.69) is 4.74 Å². The first-order chi connectivity index (χ1) is 13.7. The molecule has 0 saturated carbocycles. The molecule has 0 aromatic heterocycles. The van der Waals surface area contributed by atoms with E-state index in [1.165, 1.54) is 31.4 Å². The Hall–Kier alpha value is -2.03. The lowest BCUT2D eigenvalue weighted by molar-refractivity contribution is -0.142. The number of hydrogen-bond acceptors (Lipinski definition) is 5. The van der Waals surface area contributed by atoms with Crippen LogP contribution in [-0.2, 0) is 24.1 Å². The van der Waals surface area contributed by atoms with Crippen molar-refractivity contribution >= 4 is 27.4 Å². The smallest absolute Gasteiger partial charge is 0.319 e. The molecule has 0 bridgehead atoms. The quantitative estimate of drug-likeness (QED) is 0.661. The third-order valence-corrected chi connectivity index (χ3v) is 8.10. The fourth-order valence-electron chi connectivity index (χ4n) is 3.69. The molecule has 0 unspecified atom stereocenters. The summed E-state index contributed by atoms with van der Waals surface area (Å²) in [6.07, 6.45) is -0.00927. The van der Waals surface area contributed by atoms with E-state index in [-0.39, 0.29) is 42.9 Å². The maximum absolute atomic E-state index is 14.7. The highest BCUT2D eigenvalue weighted by atomic mass is 35.5. The van der Waals surface area contributed by atoms with E-state index >= 15 is 0 Å². The lowest BCUT2D eigenvalue weighted by atomic mass is 9.87. The molecule has 9 heteroatoms. The molecule has 1 aliphatic rings. The van der Waals surface area contributed by atoms with Gasteiger partial charge >= 0.3 is 5.97 Å². The number of likely N-dealkylation sites (tertiary alicyclic amines) is 1. The fourth-order valence-corrected chi connectivity index (χ4v) is 5.93. The van der Waals surface area contributed by atoms with Crippen LogP contribution in [0.4, 0.5) is 8.78 Å². The second-order valence-corrected chi connectivity index (χ2v) is 9.62. The number of ether oxygens (including phenoxy) is 1. The number of carbonyl (C=O) groups excluding carboxylic acids is 1. The molecule has 2 aromatic carbocycles. The number of piperidine rings is 1. The van der Waals surface area contributed by atoms with Gasteiger partial charge in [-0.15, -0.1) is 0 Å². The molecule has 0 amide bonds. The highest BCUT2D eigenvalue weighted by molar-refractivity contribution is 7.92. The maximum atomic E-state index is 14.7. The van der Waals surface area contributed by atoms with Gasteiger partial charge in [0.25, 0.3) is 0 Å². The molecule has 0 aliphatic carbocycles. The summed E-state index contributed by atoms with van der Waals surface area (Å²) in [4.78, 5) is 13.3. The van der Waals surface area contributed by atoms with Gasteiger partial charge in [-0.25, -0.2) is 17.2 Å². The van der Waals surface area contributed by atoms with Crippen molar-refractivity contribution in [3.8, 4) is 0 Å². The third kappa shape index (κ3) is 4.15. The number of sulfone groups is 1. The van der Waals surface area contributed by atoms with Gasteiger partial charge < -0.3 is 4.74 Å². The van der Waals surface area contributed by atoms with Crippen LogP contribution in [0.2, 0.25) is 5.02 Å². The van der Waals surface area contributed by atoms with E-state index < -0.39 is 32.2 Å². The SMILES string of the molecule is COC(=O)CN1CCC(c2cc(F)ccc2F)(S(=O)(=O)c2ccc(Cl)cc2)CC1. The fraction of sp³-hybridized carbons (Fsp3) is 0.350. The molecular weight excluding hydrogens is 424 g/mol. The van der Waals surface area contributed by atoms with Crippen LogP contribution in [0.1, 0.15) is 18.4 Å². The van der Waals surface area contributed by atoms with Crippen molar-refractivity contribution in [1.82, 2.24) is 4.90 Å². The molecule has 156 valence electrons. The molecule has 0 N–H and O–H groups in total. The summed E-state index contributed by atoms with van der Waals surface area (Å²) >= 11 is 5.87. The number of methoxy groups -OCH3 is 1. The van der Waals surface area contributed by atoms with E-state index in [9.17, 15) is 22.0 Å². The molecule has 0 spiro atoms. The number of carbonyl (C=O) groups is 1. The Morgan fingerprint density at radius 2 is 1.76 bits per heavy atom. The van der Waals surface area contributed by atoms with Crippen molar-refractivity contribution in [2.24, 2.45) is 0 Å². The van der Waals surface area contributed by atoms with E-state index in [1.54, 1.807) is 4.90 Å². The van der Waals surface area contributed by atoms with E-state index in [4.69, 9.17) is 11.6 Å². The standard InChI is InChI=1S/C20H20ClF2NO4S/c1-28-19(25)13-24-10-8-20(9-11-24,17-12-15(22)4-7-18(17)23)29(26,27)16-5-2-14(21)3-6-16/h2-7,12H,8-11,13H2,1H3. The molecule has 0 atom stereocenters. The minimum atomic E-state index is -4.10. The predicted molar refractivity (Wildman–Crippen MR) is 104 cm³/mol. The molecule has 29 heavy (non-hydrogen) atoms. The Labute approximate surface area is 173 Å². The van der Waals surface area contributed by atoms with Crippen molar-refractivity contribution in [2.45, 2.75) is 22.5 Å². The number of rotatable bonds is 5. The van der Waals surface area contributed by atoms with E-state index in [1.807, 2.05) is 0 Å². The lowest BCUT2D eigenvalue weighted by Gasteiger charge is -2.41. The summed E-state index contributed by atoms with van der Waals surface area (Å²) in [5.41, 5.74) is -0.204. The van der Waals surface area contributed by atoms with Gasteiger partial charge in [0.1, 0.15) is 16.4 Å². The molecular formula is C20H20ClF2NO4S. The van der Waals surface area contributed by atoms with Gasteiger partial charge in [0.15, 0.2) is 9.84 Å². The average molecular weight is 444 g/mol. The van der Waals surface area contributed by atoms with Gasteiger partial charge in [-0.2, -0.15) is 0 Å². The molecule has 5 nitrogen and oxygen atoms in total. The summed E-state index contributed by atoms with van der Waals surface area (Å²) in [6, 6.07) is 8.43. The number of esters is 1. The second-order valence-electron chi connectivity index (χ2n) is 6.93. The number of nitrogens with zero attached hydrogens (tertiary/aromatic N) is 1. The number of hydrogen-bond donors (Lipinski definition) is 0. The van der Waals surface area contributed by atoms with Crippen molar-refractivity contribution in [2.75, 3.05) is 26.7 Å². The van der Waals surface area contributed by atoms with Crippen molar-refractivity contribution < 1.29 is 26.7 Å². The Balaban J connectivity index is 2.07. The zero-order chi connectivity index (χ0) is 21.2. The van der Waals surface area contributed by atoms with Crippen molar-refractivity contribution in [3.05, 3.63) is 64.7 Å². The summed E-state index contributed by atoms with van der Waals surface area (Å²) in [6.45, 7) is 0.412. The van der Waals surface area contributed by atoms with Crippen molar-refractivity contribution in [1.29, 1.82) is 0 Å². The first-order valence-electron chi connectivity index (χ1n) is 8.94. The minimum Gasteiger partial charge on any atom is -0.468 e. The Morgan fingerprint density at radius 3 is 2.34 bits per heavy atom. The van der Waals surface area contributed by atoms with Crippen LogP contribution in [0.15, 0.2) is 47.4 Å². The normalized spacial score (nSPS) is 17.1. The maximum Gasteiger partial charge on any atom is 0.319 e. The van der Waals surface area contributed by atoms with Gasteiger partial charge in [0.05, 0.1) is 18.6 Å². The van der Waals surface area contributed by atoms with Crippen LogP contribution in [0.5, 0.6) is 0 Å². The van der Waals surface area contributed by atoms with Gasteiger partial charge in [0.2, 0.25) is 0 Å². The van der Waals surface area contributed by atoms with E-state index in [0.717, 1.165) is 18.2 Å². The summed E-state index contributed by atoms with van der Waals surface area (Å²) in [7, 11) is -2.83. The monoisotopic (exact) mass is 443 g/mol. The Kier molecular flexibility index (Phi) is 6.26.